The largest absolute Gasteiger partial charge is 0.482 e. The first-order valence-corrected chi connectivity index (χ1v) is 8.58. The molecule has 2 rings (SSSR count). The minimum Gasteiger partial charge on any atom is -0.482 e. The van der Waals surface area contributed by atoms with Crippen LogP contribution in [0.2, 0.25) is 0 Å². The van der Waals surface area contributed by atoms with Crippen molar-refractivity contribution in [2.75, 3.05) is 13.2 Å². The molecule has 1 aromatic rings. The van der Waals surface area contributed by atoms with Crippen LogP contribution < -0.4 is 15.4 Å². The first-order valence-electron chi connectivity index (χ1n) is 8.58. The fourth-order valence-corrected chi connectivity index (χ4v) is 2.76. The molecule has 2 N–H and O–H groups in total. The molecular formula is C18H23FN2O5. The molecule has 142 valence electrons. The van der Waals surface area contributed by atoms with Gasteiger partial charge >= 0.3 is 12.0 Å². The summed E-state index contributed by atoms with van der Waals surface area (Å²) in [7, 11) is 0. The molecule has 2 atom stereocenters. The van der Waals surface area contributed by atoms with E-state index in [1.54, 1.807) is 0 Å². The van der Waals surface area contributed by atoms with Crippen LogP contribution in [0.15, 0.2) is 24.3 Å². The van der Waals surface area contributed by atoms with E-state index in [0.717, 1.165) is 25.7 Å². The Labute approximate surface area is 151 Å². The highest BCUT2D eigenvalue weighted by molar-refractivity contribution is 5.95. The van der Waals surface area contributed by atoms with Crippen LogP contribution >= 0.6 is 0 Å². The fourth-order valence-electron chi connectivity index (χ4n) is 2.76. The van der Waals surface area contributed by atoms with E-state index < -0.39 is 36.9 Å². The van der Waals surface area contributed by atoms with Gasteiger partial charge < -0.3 is 14.8 Å². The van der Waals surface area contributed by atoms with E-state index in [9.17, 15) is 18.8 Å². The monoisotopic (exact) mass is 366 g/mol. The number of hydrogen-bond donors (Lipinski definition) is 2. The van der Waals surface area contributed by atoms with E-state index in [-0.39, 0.29) is 6.04 Å². The van der Waals surface area contributed by atoms with Crippen molar-refractivity contribution in [1.82, 2.24) is 10.6 Å². The van der Waals surface area contributed by atoms with Crippen LogP contribution in [-0.4, -0.2) is 37.2 Å². The summed E-state index contributed by atoms with van der Waals surface area (Å²) in [6.45, 7) is 1.05. The Morgan fingerprint density at radius 2 is 1.81 bits per heavy atom. The van der Waals surface area contributed by atoms with Gasteiger partial charge in [-0.3, -0.25) is 10.1 Å². The number of urea groups is 1. The third kappa shape index (κ3) is 6.70. The lowest BCUT2D eigenvalue weighted by molar-refractivity contribution is -0.150. The number of imide groups is 1. The summed E-state index contributed by atoms with van der Waals surface area (Å²) in [4.78, 5) is 35.0. The summed E-state index contributed by atoms with van der Waals surface area (Å²) < 4.78 is 22.6. The van der Waals surface area contributed by atoms with Gasteiger partial charge in [-0.25, -0.2) is 14.0 Å². The van der Waals surface area contributed by atoms with Gasteiger partial charge in [0.15, 0.2) is 13.2 Å². The number of hydrogen-bond acceptors (Lipinski definition) is 5. The highest BCUT2D eigenvalue weighted by Gasteiger charge is 2.23. The lowest BCUT2D eigenvalue weighted by Gasteiger charge is -2.29. The molecule has 1 saturated carbocycles. The van der Waals surface area contributed by atoms with Crippen LogP contribution in [0, 0.1) is 11.7 Å². The summed E-state index contributed by atoms with van der Waals surface area (Å²) in [5, 5.41) is 4.91. The molecule has 7 nitrogen and oxygen atoms in total. The van der Waals surface area contributed by atoms with Crippen LogP contribution in [-0.2, 0) is 14.3 Å². The van der Waals surface area contributed by atoms with Gasteiger partial charge in [0.25, 0.3) is 5.91 Å². The SMILES string of the molecule is C[C@@H]1CCCC[C@@H]1NC(=O)NC(=O)COC(=O)COc1ccc(F)cc1. The van der Waals surface area contributed by atoms with E-state index in [0.29, 0.717) is 11.7 Å². The minimum absolute atomic E-state index is 0.0446. The van der Waals surface area contributed by atoms with Gasteiger partial charge in [-0.1, -0.05) is 19.8 Å². The normalized spacial score (nSPS) is 19.3. The van der Waals surface area contributed by atoms with E-state index in [1.165, 1.54) is 24.3 Å². The predicted molar refractivity (Wildman–Crippen MR) is 90.9 cm³/mol. The molecule has 3 amide bonds. The number of rotatable bonds is 6. The molecule has 0 heterocycles. The second kappa shape index (κ2) is 9.74. The summed E-state index contributed by atoms with van der Waals surface area (Å²) in [6, 6.07) is 4.58. The second-order valence-electron chi connectivity index (χ2n) is 6.29. The van der Waals surface area contributed by atoms with Gasteiger partial charge in [-0.15, -0.1) is 0 Å². The maximum Gasteiger partial charge on any atom is 0.344 e. The van der Waals surface area contributed by atoms with Gasteiger partial charge in [0.1, 0.15) is 11.6 Å². The van der Waals surface area contributed by atoms with Crippen molar-refractivity contribution >= 4 is 17.9 Å². The van der Waals surface area contributed by atoms with Gasteiger partial charge in [0.05, 0.1) is 0 Å². The highest BCUT2D eigenvalue weighted by Crippen LogP contribution is 2.23. The van der Waals surface area contributed by atoms with Crippen molar-refractivity contribution in [2.45, 2.75) is 38.6 Å². The smallest absolute Gasteiger partial charge is 0.344 e. The van der Waals surface area contributed by atoms with Gasteiger partial charge in [0, 0.05) is 6.04 Å². The zero-order valence-electron chi connectivity index (χ0n) is 14.6. The van der Waals surface area contributed by atoms with Gasteiger partial charge in [0.2, 0.25) is 0 Å². The lowest BCUT2D eigenvalue weighted by Crippen LogP contribution is -2.48. The molecule has 1 aromatic carbocycles. The fraction of sp³-hybridized carbons (Fsp3) is 0.500. The minimum atomic E-state index is -0.772. The van der Waals surface area contributed by atoms with Crippen LogP contribution in [0.4, 0.5) is 9.18 Å². The maximum absolute atomic E-state index is 12.7. The molecule has 1 aliphatic carbocycles. The molecule has 0 bridgehead atoms. The number of amides is 3. The molecule has 0 aliphatic heterocycles. The Kier molecular flexibility index (Phi) is 7.37. The molecular weight excluding hydrogens is 343 g/mol. The van der Waals surface area contributed by atoms with Crippen LogP contribution in [0.25, 0.3) is 0 Å². The number of nitrogens with one attached hydrogen (secondary N) is 2. The number of benzene rings is 1. The molecule has 0 unspecified atom stereocenters. The van der Waals surface area contributed by atoms with E-state index in [1.807, 2.05) is 0 Å². The third-order valence-corrected chi connectivity index (χ3v) is 4.22. The average molecular weight is 366 g/mol. The predicted octanol–water partition coefficient (Wildman–Crippen LogP) is 2.15. The van der Waals surface area contributed by atoms with Crippen molar-refractivity contribution in [3.63, 3.8) is 0 Å². The number of carbonyl (C=O) groups is 3. The van der Waals surface area contributed by atoms with Crippen LogP contribution in [0.5, 0.6) is 5.75 Å². The Balaban J connectivity index is 1.63. The lowest BCUT2D eigenvalue weighted by atomic mass is 9.86. The Hall–Kier alpha value is -2.64. The van der Waals surface area contributed by atoms with E-state index >= 15 is 0 Å². The van der Waals surface area contributed by atoms with Crippen molar-refractivity contribution in [2.24, 2.45) is 5.92 Å². The topological polar surface area (TPSA) is 93.7 Å². The zero-order valence-corrected chi connectivity index (χ0v) is 14.6. The second-order valence-corrected chi connectivity index (χ2v) is 6.29. The summed E-state index contributed by atoms with van der Waals surface area (Å²) >= 11 is 0. The quantitative estimate of drug-likeness (QED) is 0.753. The van der Waals surface area contributed by atoms with Crippen molar-refractivity contribution in [3.05, 3.63) is 30.1 Å². The number of halogens is 1. The molecule has 0 spiro atoms. The summed E-state index contributed by atoms with van der Waals surface area (Å²) in [6.07, 6.45) is 4.13. The van der Waals surface area contributed by atoms with Crippen LogP contribution in [0.3, 0.4) is 0 Å². The standard InChI is InChI=1S/C18H23FN2O5/c1-12-4-2-3-5-15(12)20-18(24)21-16(22)10-26-17(23)11-25-14-8-6-13(19)7-9-14/h6-9,12,15H,2-5,10-11H2,1H3,(H2,20,21,22,24)/t12-,15+/m1/s1. The zero-order chi connectivity index (χ0) is 18.9. The molecule has 0 radical (unpaired) electrons. The van der Waals surface area contributed by atoms with Crippen LogP contribution in [0.1, 0.15) is 32.6 Å². The first-order chi connectivity index (χ1) is 12.4. The molecule has 1 fully saturated rings. The van der Waals surface area contributed by atoms with Crippen molar-refractivity contribution < 1.29 is 28.2 Å². The Morgan fingerprint density at radius 1 is 1.12 bits per heavy atom. The molecule has 26 heavy (non-hydrogen) atoms. The van der Waals surface area contributed by atoms with Crippen molar-refractivity contribution in [3.8, 4) is 5.75 Å². The number of esters is 1. The van der Waals surface area contributed by atoms with Gasteiger partial charge in [-0.05, 0) is 43.0 Å². The average Bonchev–Trinajstić information content (AvgIpc) is 2.61. The summed E-state index contributed by atoms with van der Waals surface area (Å²) in [5.41, 5.74) is 0. The Morgan fingerprint density at radius 3 is 2.50 bits per heavy atom. The van der Waals surface area contributed by atoms with E-state index in [4.69, 9.17) is 9.47 Å². The first kappa shape index (κ1) is 19.7. The number of carbonyl (C=O) groups excluding carboxylic acids is 3. The Bertz CT molecular complexity index is 635. The molecule has 0 aromatic heterocycles. The third-order valence-electron chi connectivity index (χ3n) is 4.22. The summed E-state index contributed by atoms with van der Waals surface area (Å²) in [5.74, 6) is -1.25. The van der Waals surface area contributed by atoms with Gasteiger partial charge in [-0.2, -0.15) is 0 Å². The van der Waals surface area contributed by atoms with E-state index in [2.05, 4.69) is 17.6 Å². The molecule has 0 saturated heterocycles. The number of ether oxygens (including phenoxy) is 2. The highest BCUT2D eigenvalue weighted by atomic mass is 19.1. The maximum atomic E-state index is 12.7. The molecule has 1 aliphatic rings. The van der Waals surface area contributed by atoms with Crippen molar-refractivity contribution in [1.29, 1.82) is 0 Å². The molecule has 8 heteroatoms.